The van der Waals surface area contributed by atoms with E-state index in [1.165, 1.54) is 12.4 Å². The van der Waals surface area contributed by atoms with Gasteiger partial charge < -0.3 is 10.6 Å². The number of hydrogen-bond acceptors (Lipinski definition) is 7. The van der Waals surface area contributed by atoms with Crippen molar-refractivity contribution < 1.29 is 13.2 Å². The Morgan fingerprint density at radius 2 is 1.73 bits per heavy atom. The van der Waals surface area contributed by atoms with Gasteiger partial charge in [0.1, 0.15) is 23.4 Å². The molecule has 0 aliphatic rings. The summed E-state index contributed by atoms with van der Waals surface area (Å²) in [5.74, 6) is 0.914. The Labute approximate surface area is 174 Å². The largest absolute Gasteiger partial charge is 0.433 e. The quantitative estimate of drug-likeness (QED) is 0.446. The minimum Gasteiger partial charge on any atom is -0.357 e. The Hall–Kier alpha value is -3.27. The van der Waals surface area contributed by atoms with Crippen LogP contribution in [0.3, 0.4) is 0 Å². The summed E-state index contributed by atoms with van der Waals surface area (Å²) in [6.07, 6.45) is -2.11. The molecule has 0 saturated carbocycles. The van der Waals surface area contributed by atoms with Crippen molar-refractivity contribution in [1.29, 1.82) is 0 Å². The fourth-order valence-electron chi connectivity index (χ4n) is 2.17. The van der Waals surface area contributed by atoms with E-state index in [0.717, 1.165) is 12.3 Å². The number of aromatic nitrogens is 4. The molecule has 0 aliphatic carbocycles. The molecular formula is C20H26F3N7. The van der Waals surface area contributed by atoms with Gasteiger partial charge >= 0.3 is 6.18 Å². The number of fused-ring (bicyclic) bond motifs is 1. The molecule has 0 unspecified atom stereocenters. The van der Waals surface area contributed by atoms with Gasteiger partial charge in [-0.3, -0.25) is 9.88 Å². The molecule has 0 aliphatic heterocycles. The third-order valence-electron chi connectivity index (χ3n) is 3.37. The first-order chi connectivity index (χ1) is 14.3. The first-order valence-electron chi connectivity index (χ1n) is 9.13. The van der Waals surface area contributed by atoms with Crippen molar-refractivity contribution in [3.8, 4) is 0 Å². The van der Waals surface area contributed by atoms with Crippen LogP contribution in [0.1, 0.15) is 19.5 Å². The second-order valence-corrected chi connectivity index (χ2v) is 5.75. The lowest BCUT2D eigenvalue weighted by atomic mass is 10.3. The van der Waals surface area contributed by atoms with E-state index < -0.39 is 11.9 Å². The van der Waals surface area contributed by atoms with E-state index in [4.69, 9.17) is 0 Å². The highest BCUT2D eigenvalue weighted by Gasteiger charge is 2.32. The van der Waals surface area contributed by atoms with Gasteiger partial charge in [0, 0.05) is 11.9 Å². The topological polar surface area (TPSA) is 78.9 Å². The fourth-order valence-corrected chi connectivity index (χ4v) is 2.17. The van der Waals surface area contributed by atoms with Crippen LogP contribution < -0.4 is 10.6 Å². The zero-order chi connectivity index (χ0) is 22.7. The van der Waals surface area contributed by atoms with Crippen LogP contribution in [0.2, 0.25) is 0 Å². The molecule has 0 atom stereocenters. The van der Waals surface area contributed by atoms with Crippen LogP contribution in [0.15, 0.2) is 49.9 Å². The first kappa shape index (κ1) is 24.8. The lowest BCUT2D eigenvalue weighted by Gasteiger charge is -2.13. The molecule has 3 aromatic heterocycles. The van der Waals surface area contributed by atoms with E-state index in [-0.39, 0.29) is 5.69 Å². The molecule has 3 rings (SSSR count). The Morgan fingerprint density at radius 1 is 1.03 bits per heavy atom. The lowest BCUT2D eigenvalue weighted by Crippen LogP contribution is -2.20. The highest BCUT2D eigenvalue weighted by molar-refractivity contribution is 5.88. The lowest BCUT2D eigenvalue weighted by molar-refractivity contribution is -0.141. The number of nitrogens with zero attached hydrogens (tertiary/aromatic N) is 5. The van der Waals surface area contributed by atoms with Crippen molar-refractivity contribution in [2.24, 2.45) is 0 Å². The zero-order valence-corrected chi connectivity index (χ0v) is 17.5. The molecule has 0 aromatic carbocycles. The maximum absolute atomic E-state index is 12.8. The van der Waals surface area contributed by atoms with E-state index in [9.17, 15) is 13.2 Å². The van der Waals surface area contributed by atoms with Crippen LogP contribution in [-0.4, -0.2) is 45.6 Å². The normalized spacial score (nSPS) is 10.5. The molecule has 10 heteroatoms. The number of nitrogens with one attached hydrogen (secondary N) is 2. The Kier molecular flexibility index (Phi) is 9.63. The van der Waals surface area contributed by atoms with Gasteiger partial charge in [-0.25, -0.2) is 15.0 Å². The predicted molar refractivity (Wildman–Crippen MR) is 115 cm³/mol. The van der Waals surface area contributed by atoms with Gasteiger partial charge in [0.25, 0.3) is 0 Å². The Balaban J connectivity index is 0.00000106. The number of rotatable bonds is 5. The van der Waals surface area contributed by atoms with Crippen LogP contribution in [0.5, 0.6) is 0 Å². The smallest absolute Gasteiger partial charge is 0.357 e. The third kappa shape index (κ3) is 6.96. The van der Waals surface area contributed by atoms with Crippen molar-refractivity contribution in [1.82, 2.24) is 24.8 Å². The third-order valence-corrected chi connectivity index (χ3v) is 3.37. The predicted octanol–water partition coefficient (Wildman–Crippen LogP) is 4.94. The maximum Gasteiger partial charge on any atom is 0.433 e. The van der Waals surface area contributed by atoms with Crippen LogP contribution in [0, 0.1) is 0 Å². The summed E-state index contributed by atoms with van der Waals surface area (Å²) >= 11 is 0. The first-order valence-corrected chi connectivity index (χ1v) is 9.13. The summed E-state index contributed by atoms with van der Waals surface area (Å²) in [6.45, 7) is 10.6. The number of alkyl halides is 3. The van der Waals surface area contributed by atoms with Crippen molar-refractivity contribution in [2.75, 3.05) is 31.4 Å². The molecular weight excluding hydrogens is 395 g/mol. The summed E-state index contributed by atoms with van der Waals surface area (Å²) in [5, 5.41) is 5.99. The summed E-state index contributed by atoms with van der Waals surface area (Å²) in [6, 6.07) is 5.89. The average molecular weight is 421 g/mol. The monoisotopic (exact) mass is 421 g/mol. The summed E-state index contributed by atoms with van der Waals surface area (Å²) in [5.41, 5.74) is 0.243. The molecule has 2 N–H and O–H groups in total. The van der Waals surface area contributed by atoms with Crippen molar-refractivity contribution in [3.05, 3.63) is 55.6 Å². The number of anilines is 3. The number of pyridine rings is 2. The van der Waals surface area contributed by atoms with E-state index >= 15 is 0 Å². The molecule has 0 radical (unpaired) electrons. The molecule has 7 nitrogen and oxygen atoms in total. The zero-order valence-electron chi connectivity index (χ0n) is 17.5. The van der Waals surface area contributed by atoms with Gasteiger partial charge in [-0.2, -0.15) is 13.2 Å². The molecule has 0 amide bonds. The van der Waals surface area contributed by atoms with Gasteiger partial charge in [0.15, 0.2) is 5.82 Å². The SMILES string of the molecule is C=C.CC.CN(C)CNc1ccc2ncnc(Nc3ccnc(C(F)(F)F)c3)c2n1. The van der Waals surface area contributed by atoms with Gasteiger partial charge in [-0.05, 0) is 38.4 Å². The van der Waals surface area contributed by atoms with Crippen molar-refractivity contribution >= 4 is 28.4 Å². The molecule has 0 bridgehead atoms. The maximum atomic E-state index is 12.8. The molecule has 162 valence electrons. The van der Waals surface area contributed by atoms with Crippen LogP contribution in [0.4, 0.5) is 30.5 Å². The summed E-state index contributed by atoms with van der Waals surface area (Å²) < 4.78 is 38.5. The average Bonchev–Trinajstić information content (AvgIpc) is 2.75. The second kappa shape index (κ2) is 11.7. The van der Waals surface area contributed by atoms with Gasteiger partial charge in [0.2, 0.25) is 0 Å². The second-order valence-electron chi connectivity index (χ2n) is 5.75. The minimum atomic E-state index is -4.52. The summed E-state index contributed by atoms with van der Waals surface area (Å²) in [4.78, 5) is 18.0. The molecule has 3 aromatic rings. The van der Waals surface area contributed by atoms with Gasteiger partial charge in [0.05, 0.1) is 12.2 Å². The van der Waals surface area contributed by atoms with Crippen molar-refractivity contribution in [2.45, 2.75) is 20.0 Å². The highest BCUT2D eigenvalue weighted by atomic mass is 19.4. The standard InChI is InChI=1S/C16H16F3N7.C2H6.C2H4/c1-26(2)9-23-13-4-3-11-14(25-13)15(22-8-21-11)24-10-5-6-20-12(7-10)16(17,18)19;2*1-2/h3-8H,9H2,1-2H3,(H,23,25)(H,20,21,22,24);1-2H3;1-2H2. The van der Waals surface area contributed by atoms with Crippen molar-refractivity contribution in [3.63, 3.8) is 0 Å². The Morgan fingerprint density at radius 3 is 2.37 bits per heavy atom. The number of halogens is 3. The van der Waals surface area contributed by atoms with Crippen LogP contribution in [-0.2, 0) is 6.18 Å². The highest BCUT2D eigenvalue weighted by Crippen LogP contribution is 2.30. The van der Waals surface area contributed by atoms with E-state index in [2.05, 4.69) is 43.7 Å². The molecule has 0 spiro atoms. The molecule has 30 heavy (non-hydrogen) atoms. The van der Waals surface area contributed by atoms with Crippen LogP contribution >= 0.6 is 0 Å². The van der Waals surface area contributed by atoms with Crippen LogP contribution in [0.25, 0.3) is 11.0 Å². The van der Waals surface area contributed by atoms with E-state index in [1.807, 2.05) is 32.8 Å². The Bertz CT molecular complexity index is 930. The molecule has 0 fully saturated rings. The molecule has 3 heterocycles. The minimum absolute atomic E-state index is 0.209. The van der Waals surface area contributed by atoms with Gasteiger partial charge in [-0.1, -0.05) is 13.8 Å². The van der Waals surface area contributed by atoms with E-state index in [0.29, 0.717) is 29.3 Å². The van der Waals surface area contributed by atoms with Gasteiger partial charge in [-0.15, -0.1) is 13.2 Å². The van der Waals surface area contributed by atoms with E-state index in [1.54, 1.807) is 12.1 Å². The number of hydrogen-bond donors (Lipinski definition) is 2. The summed E-state index contributed by atoms with van der Waals surface area (Å²) in [7, 11) is 3.82. The molecule has 0 saturated heterocycles. The fraction of sp³-hybridized carbons (Fsp3) is 0.300.